The monoisotopic (exact) mass is 341 g/mol. The van der Waals surface area contributed by atoms with Gasteiger partial charge in [0, 0.05) is 17.2 Å². The molecule has 1 aromatic rings. The van der Waals surface area contributed by atoms with Crippen molar-refractivity contribution < 1.29 is 13.5 Å². The van der Waals surface area contributed by atoms with E-state index in [-0.39, 0.29) is 27.5 Å². The third kappa shape index (κ3) is 2.70. The molecule has 7 heteroatoms. The van der Waals surface area contributed by atoms with Crippen molar-refractivity contribution in [3.63, 3.8) is 0 Å². The van der Waals surface area contributed by atoms with Gasteiger partial charge in [0.1, 0.15) is 18.0 Å². The highest BCUT2D eigenvalue weighted by Gasteiger charge is 2.68. The molecule has 1 aliphatic heterocycles. The van der Waals surface area contributed by atoms with Gasteiger partial charge in [-0.1, -0.05) is 11.8 Å². The molecule has 2 aliphatic rings. The van der Waals surface area contributed by atoms with Crippen LogP contribution < -0.4 is 11.5 Å². The van der Waals surface area contributed by atoms with Crippen LogP contribution in [0.3, 0.4) is 0 Å². The molecule has 23 heavy (non-hydrogen) atoms. The minimum Gasteiger partial charge on any atom is -0.399 e. The zero-order valence-electron chi connectivity index (χ0n) is 13.2. The Morgan fingerprint density at radius 3 is 2.83 bits per heavy atom. The summed E-state index contributed by atoms with van der Waals surface area (Å²) in [6, 6.07) is 4.18. The smallest absolute Gasteiger partial charge is 0.155 e. The van der Waals surface area contributed by atoms with Gasteiger partial charge < -0.3 is 16.2 Å². The maximum absolute atomic E-state index is 14.4. The molecule has 1 aromatic carbocycles. The fourth-order valence-corrected chi connectivity index (χ4v) is 4.66. The lowest BCUT2D eigenvalue weighted by Gasteiger charge is -2.35. The predicted molar refractivity (Wildman–Crippen MR) is 89.6 cm³/mol. The maximum atomic E-state index is 14.4. The topological polar surface area (TPSA) is 73.6 Å². The van der Waals surface area contributed by atoms with Gasteiger partial charge in [-0.15, -0.1) is 0 Å². The summed E-state index contributed by atoms with van der Waals surface area (Å²) in [6.45, 7) is 3.52. The first-order valence-electron chi connectivity index (χ1n) is 7.60. The van der Waals surface area contributed by atoms with E-state index >= 15 is 0 Å². The average Bonchev–Trinajstić information content (AvgIpc) is 3.22. The van der Waals surface area contributed by atoms with E-state index in [4.69, 9.17) is 16.2 Å². The Hall–Kier alpha value is -1.34. The lowest BCUT2D eigenvalue weighted by Crippen LogP contribution is -2.41. The molecule has 3 rings (SSSR count). The Kier molecular flexibility index (Phi) is 4.04. The number of rotatable bonds is 5. The number of benzene rings is 1. The number of nitrogen functional groups attached to an aromatic ring is 1. The van der Waals surface area contributed by atoms with Crippen molar-refractivity contribution in [1.82, 2.24) is 0 Å². The van der Waals surface area contributed by atoms with Crippen molar-refractivity contribution in [3.8, 4) is 0 Å². The molecular formula is C16H21F2N3OS. The van der Waals surface area contributed by atoms with Crippen molar-refractivity contribution >= 4 is 22.6 Å². The van der Waals surface area contributed by atoms with E-state index in [0.717, 1.165) is 0 Å². The molecule has 0 saturated heterocycles. The first kappa shape index (κ1) is 16.5. The van der Waals surface area contributed by atoms with E-state index in [1.807, 2.05) is 13.8 Å². The molecule has 1 heterocycles. The molecule has 1 aliphatic carbocycles. The zero-order valence-corrected chi connectivity index (χ0v) is 14.0. The standard InChI is InChI=1S/C16H21F2N3OS/c1-9(2)22-8-15-6-13(15)16(7-17,21-14(20)23-15)11-5-10(19)3-4-12(11)18/h3-5,9,13H,6-8,19H2,1-2H3,(H2,20,21)/t13-,15-,16-/m1/s1. The summed E-state index contributed by atoms with van der Waals surface area (Å²) in [5.41, 5.74) is 11.0. The number of aliphatic imine (C=N–C) groups is 1. The molecule has 4 N–H and O–H groups in total. The van der Waals surface area contributed by atoms with Crippen LogP contribution in [0.2, 0.25) is 0 Å². The number of nitrogens with two attached hydrogens (primary N) is 2. The molecule has 0 bridgehead atoms. The van der Waals surface area contributed by atoms with Gasteiger partial charge in [0.2, 0.25) is 0 Å². The Morgan fingerprint density at radius 1 is 1.43 bits per heavy atom. The number of halogens is 2. The van der Waals surface area contributed by atoms with E-state index in [9.17, 15) is 8.78 Å². The number of hydrogen-bond acceptors (Lipinski definition) is 5. The van der Waals surface area contributed by atoms with Crippen LogP contribution in [0.4, 0.5) is 14.5 Å². The van der Waals surface area contributed by atoms with Crippen molar-refractivity contribution in [2.24, 2.45) is 16.6 Å². The van der Waals surface area contributed by atoms with Crippen molar-refractivity contribution in [2.45, 2.75) is 36.7 Å². The summed E-state index contributed by atoms with van der Waals surface area (Å²) in [4.78, 5) is 4.33. The summed E-state index contributed by atoms with van der Waals surface area (Å²) in [5, 5.41) is 0.269. The van der Waals surface area contributed by atoms with Crippen molar-refractivity contribution in [3.05, 3.63) is 29.6 Å². The van der Waals surface area contributed by atoms with Gasteiger partial charge in [-0.25, -0.2) is 13.8 Å². The van der Waals surface area contributed by atoms with Gasteiger partial charge in [0.25, 0.3) is 0 Å². The quantitative estimate of drug-likeness (QED) is 0.808. The second-order valence-corrected chi connectivity index (χ2v) is 7.97. The molecule has 1 saturated carbocycles. The van der Waals surface area contributed by atoms with Crippen molar-refractivity contribution in [2.75, 3.05) is 19.0 Å². The van der Waals surface area contributed by atoms with E-state index in [0.29, 0.717) is 18.7 Å². The van der Waals surface area contributed by atoms with Gasteiger partial charge in [-0.05, 0) is 38.5 Å². The van der Waals surface area contributed by atoms with Crippen LogP contribution in [0.5, 0.6) is 0 Å². The normalized spacial score (nSPS) is 32.6. The molecule has 1 fully saturated rings. The molecule has 0 aromatic heterocycles. The highest BCUT2D eigenvalue weighted by Crippen LogP contribution is 2.66. The van der Waals surface area contributed by atoms with Gasteiger partial charge in [0.05, 0.1) is 17.5 Å². The molecule has 0 amide bonds. The van der Waals surface area contributed by atoms with Crippen LogP contribution in [0.1, 0.15) is 25.8 Å². The zero-order chi connectivity index (χ0) is 16.8. The van der Waals surface area contributed by atoms with Crippen LogP contribution in [-0.2, 0) is 10.3 Å². The molecule has 4 nitrogen and oxygen atoms in total. The summed E-state index contributed by atoms with van der Waals surface area (Å²) >= 11 is 1.41. The Balaban J connectivity index is 2.02. The third-order valence-electron chi connectivity index (χ3n) is 4.54. The van der Waals surface area contributed by atoms with Gasteiger partial charge in [-0.2, -0.15) is 0 Å². The lowest BCUT2D eigenvalue weighted by atomic mass is 9.84. The Morgan fingerprint density at radius 2 is 2.17 bits per heavy atom. The molecule has 0 radical (unpaired) electrons. The first-order chi connectivity index (χ1) is 10.8. The number of alkyl halides is 1. The number of ether oxygens (including phenoxy) is 1. The second kappa shape index (κ2) is 5.63. The first-order valence-corrected chi connectivity index (χ1v) is 8.42. The Labute approximate surface area is 138 Å². The molecule has 0 unspecified atom stereocenters. The molecule has 3 atom stereocenters. The highest BCUT2D eigenvalue weighted by atomic mass is 32.2. The van der Waals surface area contributed by atoms with E-state index < -0.39 is 18.0 Å². The number of hydrogen-bond donors (Lipinski definition) is 2. The van der Waals surface area contributed by atoms with Gasteiger partial charge >= 0.3 is 0 Å². The average molecular weight is 341 g/mol. The highest BCUT2D eigenvalue weighted by molar-refractivity contribution is 8.15. The van der Waals surface area contributed by atoms with Crippen LogP contribution in [0.15, 0.2) is 23.2 Å². The third-order valence-corrected chi connectivity index (χ3v) is 5.82. The molecular weight excluding hydrogens is 320 g/mol. The Bertz CT molecular complexity index is 654. The largest absolute Gasteiger partial charge is 0.399 e. The second-order valence-electron chi connectivity index (χ2n) is 6.53. The fourth-order valence-electron chi connectivity index (χ4n) is 3.32. The number of anilines is 1. The van der Waals surface area contributed by atoms with Gasteiger partial charge in [-0.3, -0.25) is 0 Å². The maximum Gasteiger partial charge on any atom is 0.155 e. The molecule has 0 spiro atoms. The summed E-state index contributed by atoms with van der Waals surface area (Å²) < 4.78 is 33.9. The number of thioether (sulfide) groups is 1. The fraction of sp³-hybridized carbons (Fsp3) is 0.562. The summed E-state index contributed by atoms with van der Waals surface area (Å²) in [5.74, 6) is -0.668. The van der Waals surface area contributed by atoms with Gasteiger partial charge in [0.15, 0.2) is 5.17 Å². The predicted octanol–water partition coefficient (Wildman–Crippen LogP) is 2.82. The summed E-state index contributed by atoms with van der Waals surface area (Å²) in [6.07, 6.45) is 0.752. The molecule has 126 valence electrons. The number of nitrogens with zero attached hydrogens (tertiary/aromatic N) is 1. The lowest BCUT2D eigenvalue weighted by molar-refractivity contribution is 0.0707. The number of amidine groups is 1. The van der Waals surface area contributed by atoms with Crippen LogP contribution >= 0.6 is 11.8 Å². The minimum absolute atomic E-state index is 0.0650. The minimum atomic E-state index is -1.31. The van der Waals surface area contributed by atoms with E-state index in [1.165, 1.54) is 30.0 Å². The van der Waals surface area contributed by atoms with Crippen molar-refractivity contribution in [1.29, 1.82) is 0 Å². The van der Waals surface area contributed by atoms with Crippen LogP contribution in [0.25, 0.3) is 0 Å². The summed E-state index contributed by atoms with van der Waals surface area (Å²) in [7, 11) is 0. The SMILES string of the molecule is CC(C)OC[C@]12C[C@H]1[C@@](CF)(c1cc(N)ccc1F)N=C(N)S2. The van der Waals surface area contributed by atoms with E-state index in [1.54, 1.807) is 0 Å². The number of fused-ring (bicyclic) bond motifs is 1. The van der Waals surface area contributed by atoms with Crippen LogP contribution in [0, 0.1) is 11.7 Å². The van der Waals surface area contributed by atoms with E-state index in [2.05, 4.69) is 4.99 Å². The van der Waals surface area contributed by atoms with Crippen LogP contribution in [-0.4, -0.2) is 29.3 Å².